The Kier molecular flexibility index (Phi) is 3.76. The molecule has 1 heterocycles. The van der Waals surface area contributed by atoms with Crippen LogP contribution in [0.15, 0.2) is 84.9 Å². The Balaban J connectivity index is 1.51. The largest absolute Gasteiger partial charge is 0.378 e. The monoisotopic (exact) mass is 388 g/mol. The molecular weight excluding hydrogens is 364 g/mol. The van der Waals surface area contributed by atoms with E-state index in [-0.39, 0.29) is 0 Å². The van der Waals surface area contributed by atoms with Crippen LogP contribution in [0, 0.1) is 0 Å². The summed E-state index contributed by atoms with van der Waals surface area (Å²) >= 11 is 0. The number of para-hydroxylation sites is 1. The highest BCUT2D eigenvalue weighted by molar-refractivity contribution is 5.87. The van der Waals surface area contributed by atoms with Crippen molar-refractivity contribution < 1.29 is 0 Å². The van der Waals surface area contributed by atoms with Gasteiger partial charge in [-0.05, 0) is 76.2 Å². The third kappa shape index (κ3) is 2.57. The fourth-order valence-electron chi connectivity index (χ4n) is 4.97. The van der Waals surface area contributed by atoms with Crippen LogP contribution in [0.25, 0.3) is 11.1 Å². The van der Waals surface area contributed by atoms with E-state index in [0.717, 1.165) is 12.8 Å². The molecule has 30 heavy (non-hydrogen) atoms. The van der Waals surface area contributed by atoms with Crippen LogP contribution in [0.4, 0.5) is 22.7 Å². The third-order valence-electron chi connectivity index (χ3n) is 6.47. The van der Waals surface area contributed by atoms with Crippen molar-refractivity contribution in [3.8, 4) is 11.1 Å². The van der Waals surface area contributed by atoms with E-state index in [2.05, 4.69) is 109 Å². The smallest absolute Gasteiger partial charge is 0.0498 e. The van der Waals surface area contributed by atoms with Gasteiger partial charge in [0.1, 0.15) is 0 Å². The Morgan fingerprint density at radius 1 is 0.600 bits per heavy atom. The number of hydrogen-bond acceptors (Lipinski definition) is 2. The van der Waals surface area contributed by atoms with Gasteiger partial charge in [0.15, 0.2) is 0 Å². The molecule has 146 valence electrons. The number of rotatable bonds is 2. The second kappa shape index (κ2) is 6.50. The lowest BCUT2D eigenvalue weighted by Gasteiger charge is -2.34. The van der Waals surface area contributed by atoms with Gasteiger partial charge < -0.3 is 9.80 Å². The van der Waals surface area contributed by atoms with Gasteiger partial charge in [-0.3, -0.25) is 0 Å². The molecule has 4 aromatic carbocycles. The molecule has 2 aliphatic rings. The SMILES string of the molecule is CN(C)c1ccc2c(c1)Cc1ccccc1N2c1ccc2c(c1)Cc1ccccc1-2. The van der Waals surface area contributed by atoms with Crippen LogP contribution in [-0.4, -0.2) is 14.1 Å². The first-order valence-electron chi connectivity index (χ1n) is 10.6. The average molecular weight is 389 g/mol. The number of fused-ring (bicyclic) bond motifs is 5. The Morgan fingerprint density at radius 3 is 2.17 bits per heavy atom. The Hall–Kier alpha value is -3.52. The molecule has 0 radical (unpaired) electrons. The normalized spacial score (nSPS) is 13.3. The van der Waals surface area contributed by atoms with E-state index in [0.29, 0.717) is 0 Å². The summed E-state index contributed by atoms with van der Waals surface area (Å²) in [5.74, 6) is 0. The topological polar surface area (TPSA) is 6.48 Å². The zero-order chi connectivity index (χ0) is 20.2. The summed E-state index contributed by atoms with van der Waals surface area (Å²) in [4.78, 5) is 4.62. The molecule has 0 N–H and O–H groups in total. The molecule has 0 bridgehead atoms. The van der Waals surface area contributed by atoms with Crippen molar-refractivity contribution in [2.45, 2.75) is 12.8 Å². The molecule has 2 heteroatoms. The number of hydrogen-bond donors (Lipinski definition) is 0. The quantitative estimate of drug-likeness (QED) is 0.326. The van der Waals surface area contributed by atoms with E-state index in [9.17, 15) is 0 Å². The molecule has 0 spiro atoms. The molecule has 0 aromatic heterocycles. The molecule has 1 aliphatic heterocycles. The minimum atomic E-state index is 0.972. The lowest BCUT2D eigenvalue weighted by molar-refractivity contribution is 1.07. The minimum absolute atomic E-state index is 0.972. The summed E-state index contributed by atoms with van der Waals surface area (Å²) in [6.07, 6.45) is 1.99. The molecule has 6 rings (SSSR count). The van der Waals surface area contributed by atoms with Gasteiger partial charge in [0.2, 0.25) is 0 Å². The molecule has 1 aliphatic carbocycles. The van der Waals surface area contributed by atoms with Crippen LogP contribution in [-0.2, 0) is 12.8 Å². The van der Waals surface area contributed by atoms with E-state index in [1.807, 2.05) is 0 Å². The van der Waals surface area contributed by atoms with E-state index < -0.39 is 0 Å². The van der Waals surface area contributed by atoms with Crippen molar-refractivity contribution in [3.63, 3.8) is 0 Å². The Bertz CT molecular complexity index is 1290. The van der Waals surface area contributed by atoms with Crippen molar-refractivity contribution in [3.05, 3.63) is 107 Å². The van der Waals surface area contributed by atoms with Crippen LogP contribution in [0.5, 0.6) is 0 Å². The van der Waals surface area contributed by atoms with Crippen molar-refractivity contribution in [2.24, 2.45) is 0 Å². The molecular formula is C28H24N2. The van der Waals surface area contributed by atoms with Gasteiger partial charge in [0, 0.05) is 43.3 Å². The fourth-order valence-corrected chi connectivity index (χ4v) is 4.97. The second-order valence-corrected chi connectivity index (χ2v) is 8.52. The van der Waals surface area contributed by atoms with Gasteiger partial charge in [-0.15, -0.1) is 0 Å². The number of nitrogens with zero attached hydrogens (tertiary/aromatic N) is 2. The Morgan fingerprint density at radius 2 is 1.30 bits per heavy atom. The second-order valence-electron chi connectivity index (χ2n) is 8.52. The Labute approximate surface area is 178 Å². The number of benzene rings is 4. The van der Waals surface area contributed by atoms with Crippen molar-refractivity contribution in [1.82, 2.24) is 0 Å². The van der Waals surface area contributed by atoms with E-state index in [1.165, 1.54) is 56.1 Å². The molecule has 2 nitrogen and oxygen atoms in total. The average Bonchev–Trinajstić information content (AvgIpc) is 3.14. The maximum absolute atomic E-state index is 2.44. The van der Waals surface area contributed by atoms with Gasteiger partial charge in [0.05, 0.1) is 0 Å². The molecule has 0 atom stereocenters. The van der Waals surface area contributed by atoms with E-state index >= 15 is 0 Å². The highest BCUT2D eigenvalue weighted by Crippen LogP contribution is 2.46. The van der Waals surface area contributed by atoms with Gasteiger partial charge in [-0.1, -0.05) is 48.5 Å². The molecule has 0 unspecified atom stereocenters. The lowest BCUT2D eigenvalue weighted by atomic mass is 9.94. The molecule has 0 saturated heterocycles. The van der Waals surface area contributed by atoms with Gasteiger partial charge in [0.25, 0.3) is 0 Å². The molecule has 4 aromatic rings. The predicted octanol–water partition coefficient (Wildman–Crippen LogP) is 6.70. The summed E-state index contributed by atoms with van der Waals surface area (Å²) in [6, 6.07) is 31.4. The highest BCUT2D eigenvalue weighted by Gasteiger charge is 2.26. The van der Waals surface area contributed by atoms with Crippen molar-refractivity contribution in [2.75, 3.05) is 23.9 Å². The summed E-state index contributed by atoms with van der Waals surface area (Å²) < 4.78 is 0. The van der Waals surface area contributed by atoms with Gasteiger partial charge >= 0.3 is 0 Å². The summed E-state index contributed by atoms with van der Waals surface area (Å²) in [5, 5.41) is 0. The molecule has 0 fully saturated rings. The highest BCUT2D eigenvalue weighted by atomic mass is 15.2. The van der Waals surface area contributed by atoms with Crippen molar-refractivity contribution in [1.29, 1.82) is 0 Å². The van der Waals surface area contributed by atoms with E-state index in [1.54, 1.807) is 0 Å². The first kappa shape index (κ1) is 17.3. The van der Waals surface area contributed by atoms with Crippen LogP contribution < -0.4 is 9.80 Å². The van der Waals surface area contributed by atoms with Crippen LogP contribution in [0.2, 0.25) is 0 Å². The first-order valence-corrected chi connectivity index (χ1v) is 10.6. The molecule has 0 amide bonds. The first-order chi connectivity index (χ1) is 14.7. The number of anilines is 4. The standard InChI is InChI=1S/C28H24N2/c1-29(2)23-12-14-28-22(18-23)16-20-8-4-6-10-27(20)30(28)24-11-13-26-21(17-24)15-19-7-3-5-9-25(19)26/h3-14,17-18H,15-16H2,1-2H3. The zero-order valence-corrected chi connectivity index (χ0v) is 17.4. The summed E-state index contributed by atoms with van der Waals surface area (Å²) in [6.45, 7) is 0. The maximum Gasteiger partial charge on any atom is 0.0498 e. The van der Waals surface area contributed by atoms with Crippen molar-refractivity contribution >= 4 is 22.7 Å². The maximum atomic E-state index is 2.44. The minimum Gasteiger partial charge on any atom is -0.378 e. The molecule has 0 saturated carbocycles. The van der Waals surface area contributed by atoms with Gasteiger partial charge in [-0.2, -0.15) is 0 Å². The predicted molar refractivity (Wildman–Crippen MR) is 127 cm³/mol. The summed E-state index contributed by atoms with van der Waals surface area (Å²) in [5.41, 5.74) is 13.4. The van der Waals surface area contributed by atoms with Gasteiger partial charge in [-0.25, -0.2) is 0 Å². The van der Waals surface area contributed by atoms with E-state index in [4.69, 9.17) is 0 Å². The van der Waals surface area contributed by atoms with Crippen LogP contribution in [0.3, 0.4) is 0 Å². The fraction of sp³-hybridized carbons (Fsp3) is 0.143. The summed E-state index contributed by atoms with van der Waals surface area (Å²) in [7, 11) is 4.21. The lowest BCUT2D eigenvalue weighted by Crippen LogP contribution is -2.19. The third-order valence-corrected chi connectivity index (χ3v) is 6.47. The van der Waals surface area contributed by atoms with Crippen LogP contribution in [0.1, 0.15) is 22.3 Å². The zero-order valence-electron chi connectivity index (χ0n) is 17.4. The van der Waals surface area contributed by atoms with Crippen LogP contribution >= 0.6 is 0 Å².